The molecule has 0 saturated heterocycles. The first-order valence-electron chi connectivity index (χ1n) is 6.89. The van der Waals surface area contributed by atoms with Gasteiger partial charge in [-0.05, 0) is 24.6 Å². The molecule has 2 rings (SSSR count). The summed E-state index contributed by atoms with van der Waals surface area (Å²) in [7, 11) is -2.48. The van der Waals surface area contributed by atoms with Gasteiger partial charge in [0, 0.05) is 25.4 Å². The molecule has 0 saturated carbocycles. The first-order valence-corrected chi connectivity index (χ1v) is 8.43. The van der Waals surface area contributed by atoms with E-state index in [0.717, 1.165) is 5.82 Å². The Hall–Kier alpha value is -2.39. The van der Waals surface area contributed by atoms with Crippen molar-refractivity contribution in [3.8, 4) is 5.75 Å². The van der Waals surface area contributed by atoms with Gasteiger partial charge in [-0.25, -0.2) is 18.5 Å². The van der Waals surface area contributed by atoms with Crippen LogP contribution in [0.25, 0.3) is 0 Å². The number of rotatable bonds is 7. The van der Waals surface area contributed by atoms with Gasteiger partial charge in [0.15, 0.2) is 0 Å². The Kier molecular flexibility index (Phi) is 5.35. The van der Waals surface area contributed by atoms with E-state index in [2.05, 4.69) is 15.3 Å². The fourth-order valence-electron chi connectivity index (χ4n) is 2.03. The van der Waals surface area contributed by atoms with Gasteiger partial charge in [-0.1, -0.05) is 0 Å². The molecule has 1 aromatic carbocycles. The number of carbonyl (C=O) groups excluding carboxylic acids is 1. The van der Waals surface area contributed by atoms with Crippen molar-refractivity contribution in [2.24, 2.45) is 5.14 Å². The highest BCUT2D eigenvalue weighted by Crippen LogP contribution is 2.21. The lowest BCUT2D eigenvalue weighted by Gasteiger charge is -2.10. The summed E-state index contributed by atoms with van der Waals surface area (Å²) in [6.07, 6.45) is 4.78. The third-order valence-electron chi connectivity index (χ3n) is 3.17. The van der Waals surface area contributed by atoms with Gasteiger partial charge in [-0.15, -0.1) is 0 Å². The lowest BCUT2D eigenvalue weighted by atomic mass is 10.2. The molecule has 23 heavy (non-hydrogen) atoms. The number of aromatic nitrogens is 2. The van der Waals surface area contributed by atoms with E-state index in [0.29, 0.717) is 19.4 Å². The number of carbonyl (C=O) groups is 1. The molecule has 1 heterocycles. The Bertz CT molecular complexity index is 772. The maximum Gasteiger partial charge on any atom is 0.255 e. The van der Waals surface area contributed by atoms with Crippen LogP contribution in [0.2, 0.25) is 0 Å². The summed E-state index contributed by atoms with van der Waals surface area (Å²) in [5.74, 6) is 0.695. The predicted octanol–water partition coefficient (Wildman–Crippen LogP) is 0.428. The van der Waals surface area contributed by atoms with Gasteiger partial charge >= 0.3 is 0 Å². The molecule has 0 aliphatic carbocycles. The Balaban J connectivity index is 2.02. The van der Waals surface area contributed by atoms with E-state index in [1.54, 1.807) is 12.4 Å². The van der Waals surface area contributed by atoms with Crippen LogP contribution >= 0.6 is 0 Å². The number of aromatic amines is 1. The van der Waals surface area contributed by atoms with Crippen LogP contribution in [0.5, 0.6) is 5.75 Å². The molecule has 2 aromatic rings. The standard InChI is InChI=1S/C14H18N4O4S/c1-22-12-5-4-10(23(15,20)21)9-11(12)14(19)18-6-2-3-13-16-7-8-17-13/h4-5,7-9H,2-3,6H2,1H3,(H,16,17)(H,18,19)(H2,15,20,21). The van der Waals surface area contributed by atoms with Crippen LogP contribution in [0, 0.1) is 0 Å². The van der Waals surface area contributed by atoms with Gasteiger partial charge < -0.3 is 15.0 Å². The summed E-state index contributed by atoms with van der Waals surface area (Å²) in [5.41, 5.74) is 0.122. The Morgan fingerprint density at radius 3 is 2.83 bits per heavy atom. The molecule has 0 unspecified atom stereocenters. The second-order valence-electron chi connectivity index (χ2n) is 4.80. The number of nitrogens with zero attached hydrogens (tertiary/aromatic N) is 1. The fraction of sp³-hybridized carbons (Fsp3) is 0.286. The quantitative estimate of drug-likeness (QED) is 0.631. The number of primary sulfonamides is 1. The number of sulfonamides is 1. The number of aryl methyl sites for hydroxylation is 1. The number of methoxy groups -OCH3 is 1. The average Bonchev–Trinajstić information content (AvgIpc) is 3.03. The first-order chi connectivity index (χ1) is 10.9. The molecule has 0 spiro atoms. The molecule has 0 aliphatic rings. The monoisotopic (exact) mass is 338 g/mol. The molecule has 9 heteroatoms. The van der Waals surface area contributed by atoms with Gasteiger partial charge in [0.2, 0.25) is 10.0 Å². The second kappa shape index (κ2) is 7.25. The molecule has 0 radical (unpaired) electrons. The van der Waals surface area contributed by atoms with Gasteiger partial charge in [0.1, 0.15) is 11.6 Å². The van der Waals surface area contributed by atoms with Crippen molar-refractivity contribution in [2.75, 3.05) is 13.7 Å². The Morgan fingerprint density at radius 1 is 1.43 bits per heavy atom. The zero-order valence-electron chi connectivity index (χ0n) is 12.6. The number of hydrogen-bond donors (Lipinski definition) is 3. The minimum absolute atomic E-state index is 0.122. The van der Waals surface area contributed by atoms with E-state index < -0.39 is 15.9 Å². The van der Waals surface area contributed by atoms with Gasteiger partial charge in [-0.3, -0.25) is 4.79 Å². The Morgan fingerprint density at radius 2 is 2.22 bits per heavy atom. The number of amides is 1. The lowest BCUT2D eigenvalue weighted by Crippen LogP contribution is -2.26. The van der Waals surface area contributed by atoms with Crippen molar-refractivity contribution in [1.29, 1.82) is 0 Å². The molecular weight excluding hydrogens is 320 g/mol. The number of ether oxygens (including phenoxy) is 1. The van der Waals surface area contributed by atoms with Crippen molar-refractivity contribution in [3.05, 3.63) is 42.0 Å². The third kappa shape index (κ3) is 4.54. The maximum absolute atomic E-state index is 12.2. The van der Waals surface area contributed by atoms with E-state index in [1.165, 1.54) is 25.3 Å². The molecule has 0 aliphatic heterocycles. The summed E-state index contributed by atoms with van der Waals surface area (Å²) in [6, 6.07) is 3.90. The summed E-state index contributed by atoms with van der Waals surface area (Å²) < 4.78 is 27.9. The normalized spacial score (nSPS) is 11.2. The van der Waals surface area contributed by atoms with Crippen molar-refractivity contribution in [2.45, 2.75) is 17.7 Å². The molecule has 4 N–H and O–H groups in total. The maximum atomic E-state index is 12.2. The number of imidazole rings is 1. The van der Waals surface area contributed by atoms with Crippen LogP contribution in [0.15, 0.2) is 35.5 Å². The molecule has 0 atom stereocenters. The Labute approximate surface area is 134 Å². The minimum Gasteiger partial charge on any atom is -0.496 e. The SMILES string of the molecule is COc1ccc(S(N)(=O)=O)cc1C(=O)NCCCc1ncc[nH]1. The largest absolute Gasteiger partial charge is 0.496 e. The van der Waals surface area contributed by atoms with E-state index >= 15 is 0 Å². The summed E-state index contributed by atoms with van der Waals surface area (Å²) in [4.78, 5) is 19.1. The highest BCUT2D eigenvalue weighted by Gasteiger charge is 2.17. The van der Waals surface area contributed by atoms with Crippen molar-refractivity contribution >= 4 is 15.9 Å². The number of nitrogens with one attached hydrogen (secondary N) is 2. The average molecular weight is 338 g/mol. The van der Waals surface area contributed by atoms with Crippen LogP contribution in [-0.4, -0.2) is 37.9 Å². The van der Waals surface area contributed by atoms with E-state index in [9.17, 15) is 13.2 Å². The topological polar surface area (TPSA) is 127 Å². The summed E-state index contributed by atoms with van der Waals surface area (Å²) in [6.45, 7) is 0.419. The number of H-pyrrole nitrogens is 1. The molecule has 0 bridgehead atoms. The van der Waals surface area contributed by atoms with Crippen LogP contribution in [0.4, 0.5) is 0 Å². The lowest BCUT2D eigenvalue weighted by molar-refractivity contribution is 0.0950. The second-order valence-corrected chi connectivity index (χ2v) is 6.36. The first kappa shape index (κ1) is 17.0. The minimum atomic E-state index is -3.89. The molecule has 124 valence electrons. The highest BCUT2D eigenvalue weighted by molar-refractivity contribution is 7.89. The van der Waals surface area contributed by atoms with Gasteiger partial charge in [0.25, 0.3) is 5.91 Å². The van der Waals surface area contributed by atoms with E-state index in [1.807, 2.05) is 0 Å². The summed E-state index contributed by atoms with van der Waals surface area (Å²) >= 11 is 0. The molecule has 1 amide bonds. The van der Waals surface area contributed by atoms with Crippen molar-refractivity contribution < 1.29 is 17.9 Å². The van der Waals surface area contributed by atoms with Crippen molar-refractivity contribution in [3.63, 3.8) is 0 Å². The number of hydrogen-bond acceptors (Lipinski definition) is 5. The van der Waals surface area contributed by atoms with Gasteiger partial charge in [0.05, 0.1) is 17.6 Å². The molecule has 0 fully saturated rings. The number of nitrogens with two attached hydrogens (primary N) is 1. The van der Waals surface area contributed by atoms with E-state index in [-0.39, 0.29) is 16.2 Å². The van der Waals surface area contributed by atoms with Crippen LogP contribution < -0.4 is 15.2 Å². The van der Waals surface area contributed by atoms with Crippen LogP contribution in [0.1, 0.15) is 22.6 Å². The summed E-state index contributed by atoms with van der Waals surface area (Å²) in [5, 5.41) is 7.80. The number of benzene rings is 1. The molecule has 8 nitrogen and oxygen atoms in total. The van der Waals surface area contributed by atoms with Crippen LogP contribution in [-0.2, 0) is 16.4 Å². The fourth-order valence-corrected chi connectivity index (χ4v) is 2.57. The zero-order chi connectivity index (χ0) is 16.9. The predicted molar refractivity (Wildman–Crippen MR) is 83.6 cm³/mol. The molecule has 1 aromatic heterocycles. The van der Waals surface area contributed by atoms with Gasteiger partial charge in [-0.2, -0.15) is 0 Å². The smallest absolute Gasteiger partial charge is 0.255 e. The van der Waals surface area contributed by atoms with Crippen molar-refractivity contribution in [1.82, 2.24) is 15.3 Å². The third-order valence-corrected chi connectivity index (χ3v) is 4.09. The zero-order valence-corrected chi connectivity index (χ0v) is 13.4. The van der Waals surface area contributed by atoms with E-state index in [4.69, 9.17) is 9.88 Å². The molecular formula is C14H18N4O4S. The highest BCUT2D eigenvalue weighted by atomic mass is 32.2. The van der Waals surface area contributed by atoms with Crippen LogP contribution in [0.3, 0.4) is 0 Å².